The standard InChI is InChI=1S/C12H14FN3/c1-14-7-12-10(8-16(2)15-12)9-5-3-4-6-11(9)13/h3-6,8,14H,7H2,1-2H3. The maximum atomic E-state index is 13.6. The molecule has 2 rings (SSSR count). The molecule has 2 aromatic rings. The fraction of sp³-hybridized carbons (Fsp3) is 0.250. The first-order valence-corrected chi connectivity index (χ1v) is 5.14. The lowest BCUT2D eigenvalue weighted by atomic mass is 10.1. The Morgan fingerprint density at radius 2 is 2.06 bits per heavy atom. The monoisotopic (exact) mass is 219 g/mol. The molecule has 0 aliphatic carbocycles. The summed E-state index contributed by atoms with van der Waals surface area (Å²) in [5.41, 5.74) is 2.30. The minimum absolute atomic E-state index is 0.215. The molecule has 0 amide bonds. The van der Waals surface area contributed by atoms with Crippen molar-refractivity contribution in [3.05, 3.63) is 42.0 Å². The van der Waals surface area contributed by atoms with Crippen LogP contribution in [0.2, 0.25) is 0 Å². The molecule has 3 nitrogen and oxygen atoms in total. The van der Waals surface area contributed by atoms with Crippen molar-refractivity contribution in [2.24, 2.45) is 7.05 Å². The van der Waals surface area contributed by atoms with Crippen LogP contribution in [0.1, 0.15) is 5.69 Å². The molecule has 1 N–H and O–H groups in total. The van der Waals surface area contributed by atoms with Crippen molar-refractivity contribution in [2.45, 2.75) is 6.54 Å². The number of benzene rings is 1. The van der Waals surface area contributed by atoms with Crippen molar-refractivity contribution in [2.75, 3.05) is 7.05 Å². The first-order valence-electron chi connectivity index (χ1n) is 5.14. The lowest BCUT2D eigenvalue weighted by Gasteiger charge is -2.02. The van der Waals surface area contributed by atoms with Crippen LogP contribution in [-0.4, -0.2) is 16.8 Å². The van der Waals surface area contributed by atoms with Gasteiger partial charge in [-0.1, -0.05) is 18.2 Å². The highest BCUT2D eigenvalue weighted by Gasteiger charge is 2.12. The van der Waals surface area contributed by atoms with Gasteiger partial charge in [0.25, 0.3) is 0 Å². The molecule has 16 heavy (non-hydrogen) atoms. The Morgan fingerprint density at radius 3 is 2.75 bits per heavy atom. The first-order chi connectivity index (χ1) is 7.72. The molecule has 0 aliphatic heterocycles. The number of nitrogens with zero attached hydrogens (tertiary/aromatic N) is 2. The van der Waals surface area contributed by atoms with Crippen molar-refractivity contribution in [3.8, 4) is 11.1 Å². The van der Waals surface area contributed by atoms with Crippen molar-refractivity contribution in [1.82, 2.24) is 15.1 Å². The number of hydrogen-bond donors (Lipinski definition) is 1. The van der Waals surface area contributed by atoms with Crippen molar-refractivity contribution in [1.29, 1.82) is 0 Å². The number of rotatable bonds is 3. The third-order valence-corrected chi connectivity index (χ3v) is 2.41. The van der Waals surface area contributed by atoms with E-state index in [2.05, 4.69) is 10.4 Å². The summed E-state index contributed by atoms with van der Waals surface area (Å²) in [7, 11) is 3.68. The number of halogens is 1. The van der Waals surface area contributed by atoms with Gasteiger partial charge >= 0.3 is 0 Å². The number of aromatic nitrogens is 2. The van der Waals surface area contributed by atoms with Gasteiger partial charge in [-0.3, -0.25) is 4.68 Å². The molecular weight excluding hydrogens is 205 g/mol. The average molecular weight is 219 g/mol. The zero-order valence-electron chi connectivity index (χ0n) is 9.37. The number of aryl methyl sites for hydroxylation is 1. The Bertz CT molecular complexity index is 491. The maximum absolute atomic E-state index is 13.6. The summed E-state index contributed by atoms with van der Waals surface area (Å²) < 4.78 is 15.4. The molecule has 0 unspecified atom stereocenters. The van der Waals surface area contributed by atoms with E-state index in [4.69, 9.17) is 0 Å². The molecule has 0 atom stereocenters. The lowest BCUT2D eigenvalue weighted by molar-refractivity contribution is 0.631. The van der Waals surface area contributed by atoms with Gasteiger partial charge in [-0.15, -0.1) is 0 Å². The minimum Gasteiger partial charge on any atom is -0.314 e. The zero-order chi connectivity index (χ0) is 11.5. The number of nitrogens with one attached hydrogen (secondary N) is 1. The highest BCUT2D eigenvalue weighted by Crippen LogP contribution is 2.25. The Hall–Kier alpha value is -1.68. The quantitative estimate of drug-likeness (QED) is 0.855. The second kappa shape index (κ2) is 4.45. The Morgan fingerprint density at radius 1 is 1.31 bits per heavy atom. The van der Waals surface area contributed by atoms with Crippen LogP contribution in [0.5, 0.6) is 0 Å². The van der Waals surface area contributed by atoms with Crippen molar-refractivity contribution in [3.63, 3.8) is 0 Å². The van der Waals surface area contributed by atoms with E-state index < -0.39 is 0 Å². The molecule has 4 heteroatoms. The van der Waals surface area contributed by atoms with Crippen molar-refractivity contribution >= 4 is 0 Å². The topological polar surface area (TPSA) is 29.9 Å². The van der Waals surface area contributed by atoms with Gasteiger partial charge in [0, 0.05) is 30.9 Å². The van der Waals surface area contributed by atoms with E-state index >= 15 is 0 Å². The highest BCUT2D eigenvalue weighted by atomic mass is 19.1. The highest BCUT2D eigenvalue weighted by molar-refractivity contribution is 5.65. The molecule has 0 saturated heterocycles. The Labute approximate surface area is 93.9 Å². The first kappa shape index (κ1) is 10.8. The van der Waals surface area contributed by atoms with Crippen LogP contribution in [0.15, 0.2) is 30.5 Å². The third-order valence-electron chi connectivity index (χ3n) is 2.41. The van der Waals surface area contributed by atoms with E-state index in [0.717, 1.165) is 11.3 Å². The number of hydrogen-bond acceptors (Lipinski definition) is 2. The van der Waals surface area contributed by atoms with E-state index in [-0.39, 0.29) is 5.82 Å². The molecule has 0 spiro atoms. The van der Waals surface area contributed by atoms with Gasteiger partial charge in [0.1, 0.15) is 5.82 Å². The fourth-order valence-corrected chi connectivity index (χ4v) is 1.74. The van der Waals surface area contributed by atoms with E-state index in [9.17, 15) is 4.39 Å². The summed E-state index contributed by atoms with van der Waals surface area (Å²) in [4.78, 5) is 0. The molecule has 0 aliphatic rings. The molecule has 1 aromatic carbocycles. The van der Waals surface area contributed by atoms with Crippen LogP contribution in [0.4, 0.5) is 4.39 Å². The minimum atomic E-state index is -0.215. The van der Waals surface area contributed by atoms with E-state index in [1.54, 1.807) is 16.8 Å². The van der Waals surface area contributed by atoms with Gasteiger partial charge in [-0.25, -0.2) is 4.39 Å². The molecule has 0 bridgehead atoms. The molecule has 1 heterocycles. The van der Waals surface area contributed by atoms with E-state index in [1.165, 1.54) is 6.07 Å². The molecule has 84 valence electrons. The smallest absolute Gasteiger partial charge is 0.131 e. The van der Waals surface area contributed by atoms with Gasteiger partial charge in [-0.05, 0) is 13.1 Å². The summed E-state index contributed by atoms with van der Waals surface area (Å²) in [6.45, 7) is 0.629. The normalized spacial score (nSPS) is 10.7. The van der Waals surface area contributed by atoms with E-state index in [1.807, 2.05) is 26.4 Å². The lowest BCUT2D eigenvalue weighted by Crippen LogP contribution is -2.07. The van der Waals surface area contributed by atoms with Crippen LogP contribution in [0.25, 0.3) is 11.1 Å². The largest absolute Gasteiger partial charge is 0.314 e. The molecular formula is C12H14FN3. The van der Waals surface area contributed by atoms with E-state index in [0.29, 0.717) is 12.1 Å². The van der Waals surface area contributed by atoms with Gasteiger partial charge in [-0.2, -0.15) is 5.10 Å². The Balaban J connectivity index is 2.51. The third kappa shape index (κ3) is 1.97. The van der Waals surface area contributed by atoms with Gasteiger partial charge in [0.15, 0.2) is 0 Å². The SMILES string of the molecule is CNCc1nn(C)cc1-c1ccccc1F. The predicted molar refractivity (Wildman–Crippen MR) is 61.4 cm³/mol. The van der Waals surface area contributed by atoms with Crippen LogP contribution in [-0.2, 0) is 13.6 Å². The predicted octanol–water partition coefficient (Wildman–Crippen LogP) is 1.95. The van der Waals surface area contributed by atoms with Crippen LogP contribution < -0.4 is 5.32 Å². The molecule has 0 radical (unpaired) electrons. The summed E-state index contributed by atoms with van der Waals surface area (Å²) in [6, 6.07) is 6.75. The van der Waals surface area contributed by atoms with Crippen molar-refractivity contribution < 1.29 is 4.39 Å². The van der Waals surface area contributed by atoms with Crippen LogP contribution in [0.3, 0.4) is 0 Å². The van der Waals surface area contributed by atoms with Gasteiger partial charge in [0.05, 0.1) is 5.69 Å². The van der Waals surface area contributed by atoms with Crippen LogP contribution in [0, 0.1) is 5.82 Å². The maximum Gasteiger partial charge on any atom is 0.131 e. The summed E-state index contributed by atoms with van der Waals surface area (Å²) in [6.07, 6.45) is 1.84. The van der Waals surface area contributed by atoms with Gasteiger partial charge in [0.2, 0.25) is 0 Å². The molecule has 1 aromatic heterocycles. The van der Waals surface area contributed by atoms with Gasteiger partial charge < -0.3 is 5.32 Å². The fourth-order valence-electron chi connectivity index (χ4n) is 1.74. The second-order valence-corrected chi connectivity index (χ2v) is 3.67. The molecule has 0 fully saturated rings. The summed E-state index contributed by atoms with van der Waals surface area (Å²) >= 11 is 0. The zero-order valence-corrected chi connectivity index (χ0v) is 9.37. The Kier molecular flexibility index (Phi) is 3.01. The molecule has 0 saturated carbocycles. The average Bonchev–Trinajstić information content (AvgIpc) is 2.61. The summed E-state index contributed by atoms with van der Waals surface area (Å²) in [5.74, 6) is -0.215. The second-order valence-electron chi connectivity index (χ2n) is 3.67. The van der Waals surface area contributed by atoms with Crippen LogP contribution >= 0.6 is 0 Å². The summed E-state index contributed by atoms with van der Waals surface area (Å²) in [5, 5.41) is 7.33.